The number of hydrogen-bond acceptors (Lipinski definition) is 3. The third kappa shape index (κ3) is 3.03. The molecule has 0 saturated carbocycles. The maximum Gasteiger partial charge on any atom is 0.317 e. The Balaban J connectivity index is 1.83. The first-order valence-corrected chi connectivity index (χ1v) is 7.19. The van der Waals surface area contributed by atoms with Crippen LogP contribution in [-0.4, -0.2) is 35.2 Å². The zero-order valence-electron chi connectivity index (χ0n) is 10.8. The minimum absolute atomic E-state index is 0.0752. The van der Waals surface area contributed by atoms with E-state index in [1.54, 1.807) is 16.2 Å². The number of nitrogens with one attached hydrogen (secondary N) is 1. The fraction of sp³-hybridized carbons (Fsp3) is 0.615. The van der Waals surface area contributed by atoms with E-state index in [2.05, 4.69) is 11.4 Å². The van der Waals surface area contributed by atoms with E-state index in [9.17, 15) is 9.90 Å². The number of carbonyl (C=O) groups excluding carboxylic acids is 1. The summed E-state index contributed by atoms with van der Waals surface area (Å²) in [6.45, 7) is 5.81. The summed E-state index contributed by atoms with van der Waals surface area (Å²) in [5.41, 5.74) is 1.22. The van der Waals surface area contributed by atoms with E-state index in [0.29, 0.717) is 13.1 Å². The predicted molar refractivity (Wildman–Crippen MR) is 72.7 cm³/mol. The number of likely N-dealkylation sites (tertiary alicyclic amines) is 1. The Bertz CT molecular complexity index is 419. The smallest absolute Gasteiger partial charge is 0.317 e. The van der Waals surface area contributed by atoms with Crippen LogP contribution in [0.4, 0.5) is 4.79 Å². The third-order valence-corrected chi connectivity index (χ3v) is 4.60. The average Bonchev–Trinajstić information content (AvgIpc) is 2.75. The summed E-state index contributed by atoms with van der Waals surface area (Å²) in [4.78, 5) is 14.9. The van der Waals surface area contributed by atoms with Gasteiger partial charge in [-0.3, -0.25) is 0 Å². The monoisotopic (exact) mass is 268 g/mol. The zero-order valence-corrected chi connectivity index (χ0v) is 11.7. The van der Waals surface area contributed by atoms with Crippen LogP contribution in [0.1, 0.15) is 23.8 Å². The van der Waals surface area contributed by atoms with Gasteiger partial charge in [0.1, 0.15) is 0 Å². The summed E-state index contributed by atoms with van der Waals surface area (Å²) in [5.74, 6) is 0.286. The Morgan fingerprint density at radius 1 is 1.67 bits per heavy atom. The maximum absolute atomic E-state index is 12.0. The molecule has 0 spiro atoms. The topological polar surface area (TPSA) is 52.6 Å². The van der Waals surface area contributed by atoms with Crippen LogP contribution in [-0.2, 0) is 6.54 Å². The lowest BCUT2D eigenvalue weighted by Crippen LogP contribution is -2.49. The van der Waals surface area contributed by atoms with Gasteiger partial charge in [-0.25, -0.2) is 4.79 Å². The van der Waals surface area contributed by atoms with Gasteiger partial charge in [0.2, 0.25) is 0 Å². The molecule has 2 heterocycles. The first kappa shape index (κ1) is 13.4. The van der Waals surface area contributed by atoms with Crippen molar-refractivity contribution in [3.05, 3.63) is 21.9 Å². The van der Waals surface area contributed by atoms with E-state index in [0.717, 1.165) is 13.0 Å². The highest BCUT2D eigenvalue weighted by atomic mass is 32.1. The molecular formula is C13H20N2O2S. The van der Waals surface area contributed by atoms with Crippen molar-refractivity contribution in [2.45, 2.75) is 32.9 Å². The number of aryl methyl sites for hydroxylation is 1. The Hall–Kier alpha value is -1.07. The number of piperidine rings is 1. The van der Waals surface area contributed by atoms with Crippen molar-refractivity contribution in [1.82, 2.24) is 10.2 Å². The first-order valence-electron chi connectivity index (χ1n) is 6.31. The summed E-state index contributed by atoms with van der Waals surface area (Å²) in [5, 5.41) is 14.7. The summed E-state index contributed by atoms with van der Waals surface area (Å²) in [7, 11) is 0. The number of thiophene rings is 1. The molecule has 4 nitrogen and oxygen atoms in total. The van der Waals surface area contributed by atoms with Crippen molar-refractivity contribution in [2.24, 2.45) is 5.92 Å². The fourth-order valence-electron chi connectivity index (χ4n) is 2.09. The highest BCUT2D eigenvalue weighted by molar-refractivity contribution is 7.10. The highest BCUT2D eigenvalue weighted by Gasteiger charge is 2.27. The number of aliphatic hydroxyl groups excluding tert-OH is 1. The van der Waals surface area contributed by atoms with Crippen LogP contribution in [0.15, 0.2) is 11.4 Å². The summed E-state index contributed by atoms with van der Waals surface area (Å²) >= 11 is 1.66. The number of urea groups is 1. The van der Waals surface area contributed by atoms with Crippen LogP contribution in [0.25, 0.3) is 0 Å². The highest BCUT2D eigenvalue weighted by Crippen LogP contribution is 2.18. The van der Waals surface area contributed by atoms with E-state index < -0.39 is 6.10 Å². The van der Waals surface area contributed by atoms with Gasteiger partial charge < -0.3 is 15.3 Å². The van der Waals surface area contributed by atoms with Crippen LogP contribution >= 0.6 is 11.3 Å². The molecule has 1 aromatic rings. The number of rotatable bonds is 2. The van der Waals surface area contributed by atoms with Crippen molar-refractivity contribution in [2.75, 3.05) is 13.1 Å². The van der Waals surface area contributed by atoms with E-state index in [-0.39, 0.29) is 11.9 Å². The molecule has 100 valence electrons. The van der Waals surface area contributed by atoms with Gasteiger partial charge in [0.05, 0.1) is 12.6 Å². The molecule has 1 aliphatic heterocycles. The number of carbonyl (C=O) groups is 1. The molecule has 1 fully saturated rings. The first-order chi connectivity index (χ1) is 8.58. The number of aliphatic hydroxyl groups is 1. The van der Waals surface area contributed by atoms with Crippen molar-refractivity contribution in [3.63, 3.8) is 0 Å². The van der Waals surface area contributed by atoms with E-state index in [4.69, 9.17) is 0 Å². The Morgan fingerprint density at radius 2 is 2.44 bits per heavy atom. The van der Waals surface area contributed by atoms with E-state index >= 15 is 0 Å². The molecule has 2 amide bonds. The fourth-order valence-corrected chi connectivity index (χ4v) is 2.93. The zero-order chi connectivity index (χ0) is 13.1. The number of amides is 2. The standard InChI is InChI=1S/C13H20N2O2S/c1-9-3-5-15(8-11(9)16)13(17)14-7-12-10(2)4-6-18-12/h4,6,9,11,16H,3,5,7-8H2,1-2H3,(H,14,17). The summed E-state index contributed by atoms with van der Waals surface area (Å²) in [6.07, 6.45) is 0.472. The van der Waals surface area contributed by atoms with Gasteiger partial charge in [-0.15, -0.1) is 11.3 Å². The van der Waals surface area contributed by atoms with E-state index in [1.807, 2.05) is 19.2 Å². The number of hydrogen-bond donors (Lipinski definition) is 2. The second kappa shape index (κ2) is 5.71. The lowest BCUT2D eigenvalue weighted by atomic mass is 9.96. The predicted octanol–water partition coefficient (Wildman–Crippen LogP) is 1.97. The van der Waals surface area contributed by atoms with Gasteiger partial charge in [0.25, 0.3) is 0 Å². The molecule has 2 unspecified atom stereocenters. The van der Waals surface area contributed by atoms with Gasteiger partial charge in [-0.2, -0.15) is 0 Å². The second-order valence-electron chi connectivity index (χ2n) is 4.96. The van der Waals surface area contributed by atoms with Crippen LogP contribution in [0.5, 0.6) is 0 Å². The molecule has 5 heteroatoms. The molecule has 2 rings (SSSR count). The minimum Gasteiger partial charge on any atom is -0.391 e. The van der Waals surface area contributed by atoms with Crippen LogP contribution in [0, 0.1) is 12.8 Å². The Kier molecular flexibility index (Phi) is 4.24. The Labute approximate surface area is 112 Å². The average molecular weight is 268 g/mol. The molecule has 1 aliphatic rings. The van der Waals surface area contributed by atoms with Gasteiger partial charge >= 0.3 is 6.03 Å². The molecule has 0 aliphatic carbocycles. The molecule has 0 aromatic carbocycles. The quantitative estimate of drug-likeness (QED) is 0.861. The Morgan fingerprint density at radius 3 is 3.06 bits per heavy atom. The number of β-amino-alcohol motifs (C(OH)–C–C–N with tert-alkyl or cyclic N) is 1. The molecular weight excluding hydrogens is 248 g/mol. The van der Waals surface area contributed by atoms with Crippen molar-refractivity contribution in [3.8, 4) is 0 Å². The largest absolute Gasteiger partial charge is 0.391 e. The van der Waals surface area contributed by atoms with Crippen molar-refractivity contribution < 1.29 is 9.90 Å². The number of nitrogens with zero attached hydrogens (tertiary/aromatic N) is 1. The maximum atomic E-state index is 12.0. The molecule has 1 aromatic heterocycles. The summed E-state index contributed by atoms with van der Waals surface area (Å²) in [6, 6.07) is 1.98. The van der Waals surface area contributed by atoms with Gasteiger partial charge in [-0.1, -0.05) is 6.92 Å². The third-order valence-electron chi connectivity index (χ3n) is 3.57. The van der Waals surface area contributed by atoms with Gasteiger partial charge in [-0.05, 0) is 36.3 Å². The SMILES string of the molecule is Cc1ccsc1CNC(=O)N1CCC(C)C(O)C1. The van der Waals surface area contributed by atoms with Crippen LogP contribution in [0.3, 0.4) is 0 Å². The molecule has 0 radical (unpaired) electrons. The molecule has 0 bridgehead atoms. The lowest BCUT2D eigenvalue weighted by molar-refractivity contribution is 0.0435. The van der Waals surface area contributed by atoms with Gasteiger partial charge in [0.15, 0.2) is 0 Å². The second-order valence-corrected chi connectivity index (χ2v) is 5.97. The molecule has 2 N–H and O–H groups in total. The molecule has 2 atom stereocenters. The molecule has 1 saturated heterocycles. The lowest BCUT2D eigenvalue weighted by Gasteiger charge is -2.34. The summed E-state index contributed by atoms with van der Waals surface area (Å²) < 4.78 is 0. The van der Waals surface area contributed by atoms with Gasteiger partial charge in [0, 0.05) is 18.0 Å². The van der Waals surface area contributed by atoms with Crippen LogP contribution in [0.2, 0.25) is 0 Å². The molecule has 18 heavy (non-hydrogen) atoms. The van der Waals surface area contributed by atoms with E-state index in [1.165, 1.54) is 10.4 Å². The van der Waals surface area contributed by atoms with Crippen LogP contribution < -0.4 is 5.32 Å². The minimum atomic E-state index is -0.395. The van der Waals surface area contributed by atoms with Crippen molar-refractivity contribution >= 4 is 17.4 Å². The normalized spacial score (nSPS) is 24.1. The van der Waals surface area contributed by atoms with Crippen molar-refractivity contribution in [1.29, 1.82) is 0 Å².